The van der Waals surface area contributed by atoms with Gasteiger partial charge in [-0.3, -0.25) is 4.98 Å². The van der Waals surface area contributed by atoms with Gasteiger partial charge in [0.2, 0.25) is 0 Å². The third-order valence-electron chi connectivity index (χ3n) is 4.27. The number of anilines is 1. The first-order valence-corrected chi connectivity index (χ1v) is 9.20. The molecule has 3 rings (SSSR count). The highest BCUT2D eigenvalue weighted by Crippen LogP contribution is 2.28. The Hall–Kier alpha value is -2.82. The average Bonchev–Trinajstić information content (AvgIpc) is 2.67. The number of hydrogen-bond donors (Lipinski definition) is 3. The molecule has 1 aliphatic heterocycles. The highest BCUT2D eigenvalue weighted by Gasteiger charge is 2.21. The maximum Gasteiger partial charge on any atom is 0.147 e. The summed E-state index contributed by atoms with van der Waals surface area (Å²) < 4.78 is 0. The number of nitrogens with zero attached hydrogens (tertiary/aromatic N) is 2. The van der Waals surface area contributed by atoms with Crippen LogP contribution in [0.3, 0.4) is 0 Å². The van der Waals surface area contributed by atoms with Crippen LogP contribution in [0.15, 0.2) is 65.6 Å². The minimum Gasteiger partial charge on any atom is -0.389 e. The van der Waals surface area contributed by atoms with Crippen LogP contribution in [0.5, 0.6) is 0 Å². The standard InChI is InChI=1S/C21H27N5/c1-4-11-23-15(2)14-16(3)24-21-18-7-5-6-8-19(18)25-20(26-21)17-9-12-22-13-10-17/h5-10,12-14,16,20,23,25H,4,11H2,1-3H3,(H,24,26)/b15-14-. The van der Waals surface area contributed by atoms with Crippen LogP contribution in [0, 0.1) is 0 Å². The van der Waals surface area contributed by atoms with Gasteiger partial charge in [-0.1, -0.05) is 19.1 Å². The maximum absolute atomic E-state index is 4.92. The molecule has 0 amide bonds. The van der Waals surface area contributed by atoms with Crippen molar-refractivity contribution in [2.24, 2.45) is 4.99 Å². The summed E-state index contributed by atoms with van der Waals surface area (Å²) in [5.74, 6) is 0.910. The molecule has 26 heavy (non-hydrogen) atoms. The molecule has 0 radical (unpaired) electrons. The van der Waals surface area contributed by atoms with Gasteiger partial charge < -0.3 is 16.0 Å². The van der Waals surface area contributed by atoms with Crippen LogP contribution in [0.2, 0.25) is 0 Å². The van der Waals surface area contributed by atoms with Crippen molar-refractivity contribution in [1.29, 1.82) is 0 Å². The van der Waals surface area contributed by atoms with Crippen molar-refractivity contribution >= 4 is 11.5 Å². The summed E-state index contributed by atoms with van der Waals surface area (Å²) in [4.78, 5) is 9.02. The number of fused-ring (bicyclic) bond motifs is 1. The fraction of sp³-hybridized carbons (Fsp3) is 0.333. The van der Waals surface area contributed by atoms with Gasteiger partial charge in [-0.15, -0.1) is 0 Å². The quantitative estimate of drug-likeness (QED) is 0.742. The molecule has 5 heteroatoms. The van der Waals surface area contributed by atoms with Gasteiger partial charge in [0.15, 0.2) is 0 Å². The predicted octanol–water partition coefficient (Wildman–Crippen LogP) is 3.83. The van der Waals surface area contributed by atoms with E-state index in [1.54, 1.807) is 12.4 Å². The Morgan fingerprint density at radius 1 is 1.23 bits per heavy atom. The van der Waals surface area contributed by atoms with Crippen LogP contribution in [-0.4, -0.2) is 23.4 Å². The zero-order valence-corrected chi connectivity index (χ0v) is 15.7. The number of nitrogens with one attached hydrogen (secondary N) is 3. The maximum atomic E-state index is 4.92. The van der Waals surface area contributed by atoms with Gasteiger partial charge in [-0.2, -0.15) is 0 Å². The second-order valence-electron chi connectivity index (χ2n) is 6.56. The van der Waals surface area contributed by atoms with Crippen molar-refractivity contribution in [3.05, 3.63) is 71.7 Å². The summed E-state index contributed by atoms with van der Waals surface area (Å²) in [6.45, 7) is 7.41. The van der Waals surface area contributed by atoms with E-state index in [0.717, 1.165) is 35.6 Å². The summed E-state index contributed by atoms with van der Waals surface area (Å²) in [5, 5.41) is 10.5. The molecule has 2 aromatic rings. The predicted molar refractivity (Wildman–Crippen MR) is 108 cm³/mol. The highest BCUT2D eigenvalue weighted by molar-refractivity contribution is 6.05. The van der Waals surface area contributed by atoms with E-state index in [2.05, 4.69) is 59.9 Å². The number of benzene rings is 1. The third-order valence-corrected chi connectivity index (χ3v) is 4.27. The Kier molecular flexibility index (Phi) is 5.89. The topological polar surface area (TPSA) is 61.3 Å². The molecule has 0 fully saturated rings. The lowest BCUT2D eigenvalue weighted by Crippen LogP contribution is -2.36. The van der Waals surface area contributed by atoms with E-state index < -0.39 is 0 Å². The van der Waals surface area contributed by atoms with Gasteiger partial charge in [-0.05, 0) is 56.2 Å². The lowest BCUT2D eigenvalue weighted by Gasteiger charge is -2.27. The van der Waals surface area contributed by atoms with E-state index in [0.29, 0.717) is 0 Å². The first kappa shape index (κ1) is 18.0. The van der Waals surface area contributed by atoms with Gasteiger partial charge in [0.05, 0.1) is 0 Å². The lowest BCUT2D eigenvalue weighted by atomic mass is 10.1. The fourth-order valence-corrected chi connectivity index (χ4v) is 3.03. The lowest BCUT2D eigenvalue weighted by molar-refractivity contribution is 0.728. The molecule has 1 aromatic heterocycles. The first-order chi connectivity index (χ1) is 12.7. The molecule has 136 valence electrons. The van der Waals surface area contributed by atoms with Crippen molar-refractivity contribution in [3.8, 4) is 0 Å². The van der Waals surface area contributed by atoms with Crippen molar-refractivity contribution in [1.82, 2.24) is 15.6 Å². The summed E-state index contributed by atoms with van der Waals surface area (Å²) in [6.07, 6.45) is 6.80. The molecule has 0 bridgehead atoms. The molecule has 0 spiro atoms. The number of allylic oxidation sites excluding steroid dienone is 1. The molecule has 2 atom stereocenters. The third kappa shape index (κ3) is 4.42. The molecule has 1 aromatic carbocycles. The van der Waals surface area contributed by atoms with Crippen molar-refractivity contribution in [2.45, 2.75) is 39.4 Å². The summed E-state index contributed by atoms with van der Waals surface area (Å²) in [7, 11) is 0. The Morgan fingerprint density at radius 3 is 2.77 bits per heavy atom. The van der Waals surface area contributed by atoms with Gasteiger partial charge in [-0.25, -0.2) is 4.99 Å². The number of aromatic nitrogens is 1. The van der Waals surface area contributed by atoms with Crippen molar-refractivity contribution < 1.29 is 0 Å². The number of aliphatic imine (C=N–C) groups is 1. The van der Waals surface area contributed by atoms with E-state index in [1.165, 1.54) is 5.70 Å². The second kappa shape index (κ2) is 8.52. The van der Waals surface area contributed by atoms with Crippen molar-refractivity contribution in [2.75, 3.05) is 11.9 Å². The van der Waals surface area contributed by atoms with Gasteiger partial charge >= 0.3 is 0 Å². The zero-order chi connectivity index (χ0) is 18.4. The molecule has 0 saturated carbocycles. The number of hydrogen-bond acceptors (Lipinski definition) is 5. The number of rotatable bonds is 6. The largest absolute Gasteiger partial charge is 0.389 e. The minimum absolute atomic E-state index is 0.120. The Balaban J connectivity index is 1.83. The zero-order valence-electron chi connectivity index (χ0n) is 15.7. The van der Waals surface area contributed by atoms with Crippen molar-refractivity contribution in [3.63, 3.8) is 0 Å². The Bertz CT molecular complexity index is 782. The molecule has 3 N–H and O–H groups in total. The number of para-hydroxylation sites is 1. The minimum atomic E-state index is -0.120. The molecule has 2 unspecified atom stereocenters. The van der Waals surface area contributed by atoms with Crippen LogP contribution in [-0.2, 0) is 0 Å². The summed E-state index contributed by atoms with van der Waals surface area (Å²) >= 11 is 0. The normalized spacial score (nSPS) is 17.6. The van der Waals surface area contributed by atoms with E-state index in [-0.39, 0.29) is 12.2 Å². The number of pyridine rings is 1. The van der Waals surface area contributed by atoms with Gasteiger partial charge in [0.25, 0.3) is 0 Å². The van der Waals surface area contributed by atoms with Crippen LogP contribution in [0.25, 0.3) is 0 Å². The fourth-order valence-electron chi connectivity index (χ4n) is 3.03. The van der Waals surface area contributed by atoms with Crippen LogP contribution >= 0.6 is 0 Å². The second-order valence-corrected chi connectivity index (χ2v) is 6.56. The molecule has 0 saturated heterocycles. The molecular formula is C21H27N5. The average molecular weight is 349 g/mol. The molecule has 1 aliphatic rings. The Morgan fingerprint density at radius 2 is 2.00 bits per heavy atom. The monoisotopic (exact) mass is 349 g/mol. The van der Waals surface area contributed by atoms with Gasteiger partial charge in [0.1, 0.15) is 12.0 Å². The van der Waals surface area contributed by atoms with Crippen LogP contribution < -0.4 is 16.0 Å². The van der Waals surface area contributed by atoms with E-state index in [1.807, 2.05) is 24.3 Å². The Labute approximate surface area is 155 Å². The summed E-state index contributed by atoms with van der Waals surface area (Å²) in [6, 6.07) is 12.4. The molecule has 5 nitrogen and oxygen atoms in total. The van der Waals surface area contributed by atoms with E-state index in [9.17, 15) is 0 Å². The molecule has 0 aliphatic carbocycles. The van der Waals surface area contributed by atoms with Crippen LogP contribution in [0.1, 0.15) is 44.5 Å². The molecular weight excluding hydrogens is 322 g/mol. The van der Waals surface area contributed by atoms with Gasteiger partial charge in [0, 0.05) is 41.9 Å². The highest BCUT2D eigenvalue weighted by atomic mass is 15.2. The summed E-state index contributed by atoms with van der Waals surface area (Å²) in [5.41, 5.74) is 4.46. The first-order valence-electron chi connectivity index (χ1n) is 9.20. The SMILES string of the molecule is CCCN/C(C)=C\C(C)NC1=NC(c2ccncc2)Nc2ccccc21. The molecule has 2 heterocycles. The van der Waals surface area contributed by atoms with Crippen LogP contribution in [0.4, 0.5) is 5.69 Å². The van der Waals surface area contributed by atoms with E-state index in [4.69, 9.17) is 4.99 Å². The number of amidine groups is 1. The van der Waals surface area contributed by atoms with E-state index >= 15 is 0 Å². The smallest absolute Gasteiger partial charge is 0.147 e.